The van der Waals surface area contributed by atoms with E-state index in [0.717, 1.165) is 23.1 Å². The third-order valence-corrected chi connectivity index (χ3v) is 7.96. The van der Waals surface area contributed by atoms with Crippen LogP contribution in [-0.4, -0.2) is 32.8 Å². The predicted octanol–water partition coefficient (Wildman–Crippen LogP) is 7.61. The number of alkyl halides is 3. The maximum Gasteiger partial charge on any atom is 0.416 e. The number of hydrogen-bond donors (Lipinski definition) is 1. The summed E-state index contributed by atoms with van der Waals surface area (Å²) in [7, 11) is 0. The minimum Gasteiger partial charge on any atom is -0.493 e. The van der Waals surface area contributed by atoms with Crippen LogP contribution in [0.3, 0.4) is 0 Å². The summed E-state index contributed by atoms with van der Waals surface area (Å²) in [5.74, 6) is -1.68. The Morgan fingerprint density at radius 2 is 1.85 bits per heavy atom. The Morgan fingerprint density at radius 1 is 1.09 bits per heavy atom. The fraction of sp³-hybridized carbons (Fsp3) is 0.286. The topological polar surface area (TPSA) is 90.7 Å². The van der Waals surface area contributed by atoms with Crippen molar-refractivity contribution in [3.8, 4) is 16.9 Å². The molecule has 238 valence electrons. The third kappa shape index (κ3) is 5.71. The van der Waals surface area contributed by atoms with Gasteiger partial charge in [-0.05, 0) is 98.5 Å². The van der Waals surface area contributed by atoms with Gasteiger partial charge in [-0.1, -0.05) is 0 Å². The predicted molar refractivity (Wildman–Crippen MR) is 165 cm³/mol. The summed E-state index contributed by atoms with van der Waals surface area (Å²) < 4.78 is 68.2. The molecule has 0 saturated heterocycles. The summed E-state index contributed by atoms with van der Waals surface area (Å²) in [6.07, 6.45) is -3.90. The molecule has 11 heteroatoms. The Kier molecular flexibility index (Phi) is 7.63. The molecule has 0 fully saturated rings. The number of ether oxygens (including phenoxy) is 2. The van der Waals surface area contributed by atoms with Crippen molar-refractivity contribution in [2.75, 3.05) is 6.61 Å². The van der Waals surface area contributed by atoms with Crippen LogP contribution < -0.4 is 10.3 Å². The molecule has 1 N–H and O–H groups in total. The van der Waals surface area contributed by atoms with Crippen LogP contribution in [0.4, 0.5) is 17.6 Å². The van der Waals surface area contributed by atoms with E-state index in [1.807, 2.05) is 6.07 Å². The second-order valence-corrected chi connectivity index (χ2v) is 12.4. The first kappa shape index (κ1) is 31.2. The molecule has 0 radical (unpaired) electrons. The fourth-order valence-corrected chi connectivity index (χ4v) is 6.16. The highest BCUT2D eigenvalue weighted by Gasteiger charge is 2.34. The Labute approximate surface area is 261 Å². The van der Waals surface area contributed by atoms with Gasteiger partial charge in [-0.2, -0.15) is 13.2 Å². The second kappa shape index (κ2) is 11.2. The molecule has 2 aromatic heterocycles. The minimum atomic E-state index is -4.79. The summed E-state index contributed by atoms with van der Waals surface area (Å²) in [5, 5.41) is 11.7. The number of carboxylic acid groups (broad SMARTS) is 1. The molecular formula is C35H30F4N2O5. The van der Waals surface area contributed by atoms with Crippen LogP contribution in [0, 0.1) is 12.7 Å². The van der Waals surface area contributed by atoms with Crippen LogP contribution in [0.25, 0.3) is 32.9 Å². The van der Waals surface area contributed by atoms with Gasteiger partial charge in [0.2, 0.25) is 0 Å². The fourth-order valence-electron chi connectivity index (χ4n) is 6.16. The molecule has 0 spiro atoms. The number of fused-ring (bicyclic) bond motifs is 1. The van der Waals surface area contributed by atoms with Gasteiger partial charge in [-0.15, -0.1) is 0 Å². The number of benzene rings is 3. The molecule has 0 amide bonds. The van der Waals surface area contributed by atoms with E-state index in [1.54, 1.807) is 58.2 Å². The summed E-state index contributed by atoms with van der Waals surface area (Å²) in [4.78, 5) is 30.8. The van der Waals surface area contributed by atoms with Crippen molar-refractivity contribution in [2.45, 2.75) is 58.5 Å². The van der Waals surface area contributed by atoms with Crippen LogP contribution in [-0.2, 0) is 28.7 Å². The lowest BCUT2D eigenvalue weighted by molar-refractivity contribution is -0.160. The summed E-state index contributed by atoms with van der Waals surface area (Å²) in [6.45, 7) is 7.04. The quantitative estimate of drug-likeness (QED) is 0.194. The molecule has 0 saturated carbocycles. The largest absolute Gasteiger partial charge is 0.493 e. The number of aliphatic carboxylic acids is 1. The first-order valence-corrected chi connectivity index (χ1v) is 14.6. The van der Waals surface area contributed by atoms with E-state index >= 15 is 0 Å². The molecular weight excluding hydrogens is 604 g/mol. The van der Waals surface area contributed by atoms with Gasteiger partial charge in [-0.3, -0.25) is 9.78 Å². The maximum atomic E-state index is 14.4. The van der Waals surface area contributed by atoms with E-state index in [2.05, 4.69) is 4.98 Å². The molecule has 1 atom stereocenters. The molecule has 7 nitrogen and oxygen atoms in total. The maximum absolute atomic E-state index is 14.4. The van der Waals surface area contributed by atoms with Gasteiger partial charge < -0.3 is 19.1 Å². The van der Waals surface area contributed by atoms with Crippen molar-refractivity contribution in [3.05, 3.63) is 105 Å². The highest BCUT2D eigenvalue weighted by Crippen LogP contribution is 2.45. The van der Waals surface area contributed by atoms with Gasteiger partial charge in [0.25, 0.3) is 5.56 Å². The number of rotatable bonds is 6. The van der Waals surface area contributed by atoms with E-state index in [9.17, 15) is 32.3 Å². The molecule has 46 heavy (non-hydrogen) atoms. The van der Waals surface area contributed by atoms with Crippen LogP contribution in [0.15, 0.2) is 65.6 Å². The molecule has 0 unspecified atom stereocenters. The van der Waals surface area contributed by atoms with Gasteiger partial charge in [0.05, 0.1) is 35.3 Å². The van der Waals surface area contributed by atoms with Gasteiger partial charge >= 0.3 is 12.1 Å². The van der Waals surface area contributed by atoms with E-state index in [-0.39, 0.29) is 12.1 Å². The average Bonchev–Trinajstić information content (AvgIpc) is 2.96. The number of aryl methyl sites for hydroxylation is 1. The normalized spacial score (nSPS) is 14.0. The van der Waals surface area contributed by atoms with Crippen LogP contribution in [0.5, 0.6) is 5.75 Å². The van der Waals surface area contributed by atoms with Crippen molar-refractivity contribution >= 4 is 27.8 Å². The summed E-state index contributed by atoms with van der Waals surface area (Å²) >= 11 is 0. The highest BCUT2D eigenvalue weighted by molar-refractivity contribution is 6.08. The first-order valence-electron chi connectivity index (χ1n) is 14.6. The number of pyridine rings is 2. The van der Waals surface area contributed by atoms with Crippen LogP contribution in [0.2, 0.25) is 0 Å². The Morgan fingerprint density at radius 3 is 2.54 bits per heavy atom. The molecule has 0 aliphatic carbocycles. The van der Waals surface area contributed by atoms with Crippen molar-refractivity contribution < 1.29 is 36.9 Å². The van der Waals surface area contributed by atoms with Gasteiger partial charge in [0.1, 0.15) is 11.6 Å². The molecule has 5 aromatic rings. The van der Waals surface area contributed by atoms with E-state index in [1.165, 1.54) is 10.6 Å². The van der Waals surface area contributed by atoms with Crippen LogP contribution >= 0.6 is 0 Å². The average molecular weight is 635 g/mol. The van der Waals surface area contributed by atoms with E-state index < -0.39 is 40.8 Å². The molecule has 1 aliphatic rings. The highest BCUT2D eigenvalue weighted by atomic mass is 19.4. The van der Waals surface area contributed by atoms with Crippen molar-refractivity contribution in [1.82, 2.24) is 9.55 Å². The minimum absolute atomic E-state index is 0.0647. The first-order chi connectivity index (χ1) is 21.6. The zero-order valence-electron chi connectivity index (χ0n) is 25.5. The zero-order chi connectivity index (χ0) is 33.1. The standard InChI is InChI=1S/C35H30F4N2O5/c1-18-13-25-23(6-8-27(42)41(25)17-19-14-21(35(37,38)39)16-22(36)15-19)30(28(18)32(33(43)44)46-34(2,3)4)24-5-7-26-29-20(10-12-45-26)9-11-40-31(24)29/h5-9,11,13-16,32H,10,12,17H2,1-4H3,(H,43,44)/t32-/m0/s1. The van der Waals surface area contributed by atoms with Gasteiger partial charge in [-0.25, -0.2) is 9.18 Å². The number of nitrogens with zero attached hydrogens (tertiary/aromatic N) is 2. The summed E-state index contributed by atoms with van der Waals surface area (Å²) in [5.41, 5.74) is 1.06. The molecule has 6 rings (SSSR count). The molecule has 3 heterocycles. The number of carbonyl (C=O) groups is 1. The second-order valence-electron chi connectivity index (χ2n) is 12.4. The van der Waals surface area contributed by atoms with Crippen molar-refractivity contribution in [2.24, 2.45) is 0 Å². The number of carboxylic acids is 1. The number of halogens is 4. The van der Waals surface area contributed by atoms with E-state index in [4.69, 9.17) is 9.47 Å². The lowest BCUT2D eigenvalue weighted by Crippen LogP contribution is -2.28. The molecule has 3 aromatic carbocycles. The number of aromatic nitrogens is 2. The Balaban J connectivity index is 1.69. The SMILES string of the molecule is Cc1cc2c(ccc(=O)n2Cc2cc(F)cc(C(F)(F)F)c2)c(-c2ccc3c4c(ccnc24)CCO3)c1[C@H](OC(C)(C)C)C(=O)O. The smallest absolute Gasteiger partial charge is 0.416 e. The van der Waals surface area contributed by atoms with Gasteiger partial charge in [0.15, 0.2) is 6.10 Å². The van der Waals surface area contributed by atoms with Crippen molar-refractivity contribution in [1.29, 1.82) is 0 Å². The Bertz CT molecular complexity index is 2090. The molecule has 1 aliphatic heterocycles. The zero-order valence-corrected chi connectivity index (χ0v) is 25.5. The summed E-state index contributed by atoms with van der Waals surface area (Å²) in [6, 6.07) is 12.1. The van der Waals surface area contributed by atoms with Crippen molar-refractivity contribution in [3.63, 3.8) is 0 Å². The molecule has 0 bridgehead atoms. The lowest BCUT2D eigenvalue weighted by atomic mass is 9.86. The third-order valence-electron chi connectivity index (χ3n) is 7.96. The lowest BCUT2D eigenvalue weighted by Gasteiger charge is -2.29. The monoisotopic (exact) mass is 634 g/mol. The number of hydrogen-bond acceptors (Lipinski definition) is 5. The van der Waals surface area contributed by atoms with Crippen LogP contribution in [0.1, 0.15) is 54.7 Å². The van der Waals surface area contributed by atoms with E-state index in [0.29, 0.717) is 63.5 Å². The van der Waals surface area contributed by atoms with Gasteiger partial charge in [0, 0.05) is 40.6 Å². The Hall–Kier alpha value is -4.77.